The van der Waals surface area contributed by atoms with Crippen molar-refractivity contribution < 1.29 is 9.90 Å². The lowest BCUT2D eigenvalue weighted by atomic mass is 10.2. The van der Waals surface area contributed by atoms with Crippen molar-refractivity contribution in [2.24, 2.45) is 0 Å². The van der Waals surface area contributed by atoms with Crippen LogP contribution >= 0.6 is 0 Å². The van der Waals surface area contributed by atoms with E-state index < -0.39 is 5.97 Å². The zero-order valence-electron chi connectivity index (χ0n) is 7.78. The molecule has 0 saturated heterocycles. The van der Waals surface area contributed by atoms with Gasteiger partial charge in [0.2, 0.25) is 0 Å². The second-order valence-electron chi connectivity index (χ2n) is 3.03. The van der Waals surface area contributed by atoms with Gasteiger partial charge in [0, 0.05) is 10.9 Å². The maximum Gasteiger partial charge on any atom is 0.307 e. The first-order valence-electron chi connectivity index (χ1n) is 3.98. The monoisotopic (exact) mass is 197 g/mol. The summed E-state index contributed by atoms with van der Waals surface area (Å²) < 4.78 is 0. The van der Waals surface area contributed by atoms with Crippen molar-refractivity contribution in [1.29, 1.82) is 0 Å². The van der Waals surface area contributed by atoms with Crippen molar-refractivity contribution in [3.63, 3.8) is 0 Å². The first-order valence-corrected chi connectivity index (χ1v) is 6.02. The summed E-state index contributed by atoms with van der Waals surface area (Å²) in [4.78, 5) is 11.7. The van der Waals surface area contributed by atoms with Gasteiger partial charge in [0.1, 0.15) is 12.5 Å². The first kappa shape index (κ1) is 10.1. The Kier molecular flexibility index (Phi) is 3.37. The summed E-state index contributed by atoms with van der Waals surface area (Å²) in [5, 5.41) is 8.55. The molecule has 0 aliphatic heterocycles. The van der Waals surface area contributed by atoms with E-state index in [0.29, 0.717) is 0 Å². The molecule has 0 unspecified atom stereocenters. The third-order valence-electron chi connectivity index (χ3n) is 1.75. The van der Waals surface area contributed by atoms with Gasteiger partial charge in [-0.1, -0.05) is 12.1 Å². The maximum atomic E-state index is 10.4. The Morgan fingerprint density at radius 1 is 1.31 bits per heavy atom. The highest BCUT2D eigenvalue weighted by Gasteiger charge is 2.07. The second kappa shape index (κ2) is 4.33. The fraction of sp³-hybridized carbons (Fsp3) is 0.300. The van der Waals surface area contributed by atoms with Gasteiger partial charge in [-0.15, -0.1) is 0 Å². The normalized spacial score (nSPS) is 10.4. The summed E-state index contributed by atoms with van der Waals surface area (Å²) in [6.45, 7) is 0. The van der Waals surface area contributed by atoms with Crippen LogP contribution in [0.5, 0.6) is 0 Å². The van der Waals surface area contributed by atoms with E-state index in [1.807, 2.05) is 24.3 Å². The van der Waals surface area contributed by atoms with Crippen molar-refractivity contribution in [2.45, 2.75) is 11.3 Å². The molecular weight excluding hydrogens is 184 g/mol. The minimum absolute atomic E-state index is 0.113. The molecule has 0 fully saturated rings. The largest absolute Gasteiger partial charge is 0.481 e. The molecule has 1 rings (SSSR count). The van der Waals surface area contributed by atoms with Crippen LogP contribution in [-0.4, -0.2) is 23.6 Å². The van der Waals surface area contributed by atoms with Crippen LogP contribution in [0.1, 0.15) is 5.56 Å². The van der Waals surface area contributed by atoms with Gasteiger partial charge < -0.3 is 5.11 Å². The van der Waals surface area contributed by atoms with Crippen molar-refractivity contribution in [1.82, 2.24) is 0 Å². The number of carboxylic acid groups (broad SMARTS) is 1. The Balaban J connectivity index is 2.75. The summed E-state index contributed by atoms with van der Waals surface area (Å²) in [5.41, 5.74) is 0.863. The van der Waals surface area contributed by atoms with E-state index >= 15 is 0 Å². The third-order valence-corrected chi connectivity index (χ3v) is 2.97. The topological polar surface area (TPSA) is 37.3 Å². The van der Waals surface area contributed by atoms with Gasteiger partial charge in [-0.25, -0.2) is 0 Å². The zero-order valence-corrected chi connectivity index (χ0v) is 8.60. The molecule has 0 heterocycles. The minimum Gasteiger partial charge on any atom is -0.481 e. The smallest absolute Gasteiger partial charge is 0.307 e. The highest BCUT2D eigenvalue weighted by molar-refractivity contribution is 7.95. The van der Waals surface area contributed by atoms with E-state index in [1.165, 1.54) is 4.90 Å². The predicted octanol–water partition coefficient (Wildman–Crippen LogP) is 1.55. The SMILES string of the molecule is C[S+](C)c1ccc(CC(=O)O)cc1. The minimum atomic E-state index is -0.778. The van der Waals surface area contributed by atoms with Gasteiger partial charge in [0.15, 0.2) is 4.90 Å². The fourth-order valence-electron chi connectivity index (χ4n) is 1.05. The number of aliphatic carboxylic acids is 1. The van der Waals surface area contributed by atoms with Crippen LogP contribution in [0.3, 0.4) is 0 Å². The van der Waals surface area contributed by atoms with E-state index in [9.17, 15) is 4.79 Å². The molecule has 70 valence electrons. The van der Waals surface area contributed by atoms with Crippen molar-refractivity contribution in [3.8, 4) is 0 Å². The average Bonchev–Trinajstić information content (AvgIpc) is 2.04. The molecule has 1 N–H and O–H groups in total. The molecule has 0 atom stereocenters. The van der Waals surface area contributed by atoms with E-state index in [2.05, 4.69) is 12.5 Å². The molecule has 1 aromatic rings. The number of carbonyl (C=O) groups is 1. The van der Waals surface area contributed by atoms with Gasteiger partial charge in [-0.05, 0) is 17.7 Å². The summed E-state index contributed by atoms with van der Waals surface area (Å²) in [6.07, 6.45) is 4.40. The quantitative estimate of drug-likeness (QED) is 0.746. The van der Waals surface area contributed by atoms with Crippen LogP contribution in [0.2, 0.25) is 0 Å². The molecule has 0 saturated carbocycles. The molecule has 13 heavy (non-hydrogen) atoms. The average molecular weight is 197 g/mol. The molecule has 0 spiro atoms. The van der Waals surface area contributed by atoms with E-state index in [1.54, 1.807) is 0 Å². The molecule has 0 amide bonds. The van der Waals surface area contributed by atoms with Gasteiger partial charge in [0.05, 0.1) is 6.42 Å². The van der Waals surface area contributed by atoms with Crippen molar-refractivity contribution in [2.75, 3.05) is 12.5 Å². The fourth-order valence-corrected chi connectivity index (χ4v) is 1.73. The summed E-state index contributed by atoms with van der Waals surface area (Å²) in [6, 6.07) is 7.77. The van der Waals surface area contributed by atoms with Crippen molar-refractivity contribution in [3.05, 3.63) is 29.8 Å². The molecule has 1 aromatic carbocycles. The number of benzene rings is 1. The predicted molar refractivity (Wildman–Crippen MR) is 55.3 cm³/mol. The Morgan fingerprint density at radius 3 is 2.23 bits per heavy atom. The van der Waals surface area contributed by atoms with Crippen LogP contribution in [-0.2, 0) is 22.1 Å². The van der Waals surface area contributed by atoms with Crippen molar-refractivity contribution >= 4 is 16.9 Å². The van der Waals surface area contributed by atoms with Gasteiger partial charge >= 0.3 is 5.97 Å². The Hall–Kier alpha value is -0.960. The molecule has 0 radical (unpaired) electrons. The maximum absolute atomic E-state index is 10.4. The second-order valence-corrected chi connectivity index (χ2v) is 5.14. The molecule has 0 bridgehead atoms. The molecule has 0 aliphatic carbocycles. The summed E-state index contributed by atoms with van der Waals surface area (Å²) >= 11 is 0. The lowest BCUT2D eigenvalue weighted by Gasteiger charge is -1.98. The molecule has 0 aliphatic rings. The highest BCUT2D eigenvalue weighted by atomic mass is 32.2. The van der Waals surface area contributed by atoms with Gasteiger partial charge in [0.25, 0.3) is 0 Å². The highest BCUT2D eigenvalue weighted by Crippen LogP contribution is 2.10. The standard InChI is InChI=1S/C10H12O2S/c1-13(2)9-5-3-8(4-6-9)7-10(11)12/h3-6H,7H2,1-2H3/p+1. The number of hydrogen-bond acceptors (Lipinski definition) is 1. The zero-order chi connectivity index (χ0) is 9.84. The van der Waals surface area contributed by atoms with Crippen LogP contribution in [0, 0.1) is 0 Å². The van der Waals surface area contributed by atoms with Crippen LogP contribution < -0.4 is 0 Å². The first-order chi connectivity index (χ1) is 6.09. The Labute approximate surface area is 80.9 Å². The summed E-state index contributed by atoms with van der Waals surface area (Å²) in [7, 11) is 0.253. The lowest BCUT2D eigenvalue weighted by molar-refractivity contribution is -0.136. The van der Waals surface area contributed by atoms with E-state index in [0.717, 1.165) is 5.56 Å². The van der Waals surface area contributed by atoms with Crippen LogP contribution in [0.4, 0.5) is 0 Å². The number of rotatable bonds is 3. The third kappa shape index (κ3) is 3.11. The summed E-state index contributed by atoms with van der Waals surface area (Å²) in [5.74, 6) is -0.778. The van der Waals surface area contributed by atoms with Crippen LogP contribution in [0.25, 0.3) is 0 Å². The molecular formula is C10H13O2S+. The Bertz CT molecular complexity index is 290. The Morgan fingerprint density at radius 2 is 1.85 bits per heavy atom. The van der Waals surface area contributed by atoms with E-state index in [-0.39, 0.29) is 17.3 Å². The van der Waals surface area contributed by atoms with Gasteiger partial charge in [-0.3, -0.25) is 4.79 Å². The number of hydrogen-bond donors (Lipinski definition) is 1. The van der Waals surface area contributed by atoms with Gasteiger partial charge in [-0.2, -0.15) is 0 Å². The lowest BCUT2D eigenvalue weighted by Crippen LogP contribution is -2.01. The van der Waals surface area contributed by atoms with E-state index in [4.69, 9.17) is 5.11 Å². The molecule has 0 aromatic heterocycles. The molecule has 2 nitrogen and oxygen atoms in total. The number of carboxylic acids is 1. The molecule has 3 heteroatoms. The van der Waals surface area contributed by atoms with Crippen LogP contribution in [0.15, 0.2) is 29.2 Å².